The summed E-state index contributed by atoms with van der Waals surface area (Å²) in [5.41, 5.74) is 0. The third-order valence-corrected chi connectivity index (χ3v) is 2.49. The number of hydrogen-bond donors (Lipinski definition) is 2. The molecule has 1 unspecified atom stereocenters. The fraction of sp³-hybridized carbons (Fsp3) is 0.667. The second-order valence-corrected chi connectivity index (χ2v) is 4.20. The maximum Gasteiger partial charge on any atom is 0.234 e. The molecule has 5 nitrogen and oxygen atoms in total. The highest BCUT2D eigenvalue weighted by Gasteiger charge is 2.05. The van der Waals surface area contributed by atoms with Crippen LogP contribution in [0.15, 0.2) is 18.5 Å². The lowest BCUT2D eigenvalue weighted by Crippen LogP contribution is -2.39. The minimum Gasteiger partial charge on any atom is -0.353 e. The van der Waals surface area contributed by atoms with Crippen molar-refractivity contribution < 1.29 is 4.79 Å². The number of carbonyl (C=O) groups is 1. The van der Waals surface area contributed by atoms with E-state index < -0.39 is 0 Å². The maximum absolute atomic E-state index is 11.5. The summed E-state index contributed by atoms with van der Waals surface area (Å²) in [6.45, 7) is 6.05. The molecule has 0 aromatic carbocycles. The molecule has 2 N–H and O–H groups in total. The van der Waals surface area contributed by atoms with Gasteiger partial charge in [0.1, 0.15) is 0 Å². The molecule has 1 amide bonds. The third-order valence-electron chi connectivity index (χ3n) is 2.49. The van der Waals surface area contributed by atoms with Gasteiger partial charge in [0.25, 0.3) is 0 Å². The highest BCUT2D eigenvalue weighted by atomic mass is 16.1. The lowest BCUT2D eigenvalue weighted by atomic mass is 10.2. The number of hydrogen-bond acceptors (Lipinski definition) is 3. The Labute approximate surface area is 103 Å². The summed E-state index contributed by atoms with van der Waals surface area (Å²) >= 11 is 0. The smallest absolute Gasteiger partial charge is 0.234 e. The second-order valence-electron chi connectivity index (χ2n) is 4.20. The standard InChI is InChI=1S/C12H22N4O/c1-3-5-11(2)15-12(17)10-13-7-9-16-8-4-6-14-16/h4,6,8,11,13H,3,5,7,9-10H2,1-2H3,(H,15,17). The van der Waals surface area contributed by atoms with Crippen molar-refractivity contribution in [3.8, 4) is 0 Å². The molecule has 1 rings (SSSR count). The summed E-state index contributed by atoms with van der Waals surface area (Å²) in [6.07, 6.45) is 5.78. The van der Waals surface area contributed by atoms with Gasteiger partial charge in [0.2, 0.25) is 5.91 Å². The van der Waals surface area contributed by atoms with E-state index >= 15 is 0 Å². The van der Waals surface area contributed by atoms with Crippen molar-refractivity contribution in [3.63, 3.8) is 0 Å². The van der Waals surface area contributed by atoms with E-state index in [-0.39, 0.29) is 11.9 Å². The van der Waals surface area contributed by atoms with Gasteiger partial charge in [-0.3, -0.25) is 9.48 Å². The van der Waals surface area contributed by atoms with E-state index in [1.807, 2.05) is 23.9 Å². The molecule has 17 heavy (non-hydrogen) atoms. The second kappa shape index (κ2) is 7.84. The molecule has 0 saturated carbocycles. The number of nitrogens with zero attached hydrogens (tertiary/aromatic N) is 2. The van der Waals surface area contributed by atoms with Gasteiger partial charge in [0.05, 0.1) is 13.1 Å². The molecule has 1 aromatic rings. The SMILES string of the molecule is CCCC(C)NC(=O)CNCCn1cccn1. The van der Waals surface area contributed by atoms with Gasteiger partial charge in [-0.2, -0.15) is 5.10 Å². The van der Waals surface area contributed by atoms with Gasteiger partial charge in [-0.05, 0) is 19.4 Å². The molecule has 0 aliphatic rings. The molecular weight excluding hydrogens is 216 g/mol. The van der Waals surface area contributed by atoms with Crippen molar-refractivity contribution in [1.82, 2.24) is 20.4 Å². The first-order valence-electron chi connectivity index (χ1n) is 6.20. The highest BCUT2D eigenvalue weighted by Crippen LogP contribution is 1.93. The zero-order valence-electron chi connectivity index (χ0n) is 10.6. The molecule has 1 atom stereocenters. The van der Waals surface area contributed by atoms with Crippen LogP contribution in [0.5, 0.6) is 0 Å². The molecule has 0 fully saturated rings. The van der Waals surface area contributed by atoms with E-state index in [0.717, 1.165) is 25.9 Å². The average Bonchev–Trinajstić information content (AvgIpc) is 2.77. The van der Waals surface area contributed by atoms with E-state index in [9.17, 15) is 4.79 Å². The molecule has 0 spiro atoms. The Kier molecular flexibility index (Phi) is 6.32. The van der Waals surface area contributed by atoms with Crippen molar-refractivity contribution in [2.24, 2.45) is 0 Å². The van der Waals surface area contributed by atoms with Crippen LogP contribution in [0.1, 0.15) is 26.7 Å². The molecule has 0 bridgehead atoms. The van der Waals surface area contributed by atoms with Crippen LogP contribution in [0.25, 0.3) is 0 Å². The Hall–Kier alpha value is -1.36. The van der Waals surface area contributed by atoms with Crippen LogP contribution in [0.2, 0.25) is 0 Å². The molecule has 0 saturated heterocycles. The number of rotatable bonds is 8. The van der Waals surface area contributed by atoms with Crippen LogP contribution in [0.3, 0.4) is 0 Å². The first-order valence-corrected chi connectivity index (χ1v) is 6.20. The van der Waals surface area contributed by atoms with Crippen molar-refractivity contribution in [2.75, 3.05) is 13.1 Å². The lowest BCUT2D eigenvalue weighted by Gasteiger charge is -2.13. The molecule has 96 valence electrons. The quantitative estimate of drug-likeness (QED) is 0.658. The van der Waals surface area contributed by atoms with E-state index in [4.69, 9.17) is 0 Å². The van der Waals surface area contributed by atoms with Crippen molar-refractivity contribution in [1.29, 1.82) is 0 Å². The summed E-state index contributed by atoms with van der Waals surface area (Å²) in [6, 6.07) is 2.15. The van der Waals surface area contributed by atoms with Gasteiger partial charge in [0.15, 0.2) is 0 Å². The molecule has 1 heterocycles. The Morgan fingerprint density at radius 1 is 1.53 bits per heavy atom. The number of amides is 1. The molecule has 5 heteroatoms. The zero-order chi connectivity index (χ0) is 12.5. The summed E-state index contributed by atoms with van der Waals surface area (Å²) < 4.78 is 1.84. The monoisotopic (exact) mass is 238 g/mol. The highest BCUT2D eigenvalue weighted by molar-refractivity contribution is 5.78. The summed E-state index contributed by atoms with van der Waals surface area (Å²) in [4.78, 5) is 11.5. The van der Waals surface area contributed by atoms with Gasteiger partial charge in [-0.1, -0.05) is 13.3 Å². The van der Waals surface area contributed by atoms with E-state index in [1.54, 1.807) is 6.20 Å². The van der Waals surface area contributed by atoms with Gasteiger partial charge >= 0.3 is 0 Å². The first kappa shape index (κ1) is 13.7. The van der Waals surface area contributed by atoms with E-state index in [0.29, 0.717) is 6.54 Å². The van der Waals surface area contributed by atoms with E-state index in [2.05, 4.69) is 22.7 Å². The maximum atomic E-state index is 11.5. The fourth-order valence-corrected chi connectivity index (χ4v) is 1.66. The number of nitrogens with one attached hydrogen (secondary N) is 2. The Morgan fingerprint density at radius 3 is 3.00 bits per heavy atom. The van der Waals surface area contributed by atoms with Crippen LogP contribution in [-0.4, -0.2) is 34.8 Å². The fourth-order valence-electron chi connectivity index (χ4n) is 1.66. The minimum absolute atomic E-state index is 0.0615. The van der Waals surface area contributed by atoms with Crippen LogP contribution in [0.4, 0.5) is 0 Å². The first-order chi connectivity index (χ1) is 8.22. The molecule has 0 aliphatic heterocycles. The van der Waals surface area contributed by atoms with Gasteiger partial charge < -0.3 is 10.6 Å². The summed E-state index contributed by atoms with van der Waals surface area (Å²) in [5.74, 6) is 0.0615. The van der Waals surface area contributed by atoms with Gasteiger partial charge in [-0.25, -0.2) is 0 Å². The van der Waals surface area contributed by atoms with Crippen LogP contribution >= 0.6 is 0 Å². The van der Waals surface area contributed by atoms with Gasteiger partial charge in [-0.15, -0.1) is 0 Å². The molecule has 0 aliphatic carbocycles. The van der Waals surface area contributed by atoms with Crippen LogP contribution < -0.4 is 10.6 Å². The van der Waals surface area contributed by atoms with Crippen molar-refractivity contribution >= 4 is 5.91 Å². The summed E-state index contributed by atoms with van der Waals surface area (Å²) in [5, 5.41) is 10.1. The lowest BCUT2D eigenvalue weighted by molar-refractivity contribution is -0.120. The molecule has 1 aromatic heterocycles. The van der Waals surface area contributed by atoms with Gasteiger partial charge in [0, 0.05) is 25.0 Å². The largest absolute Gasteiger partial charge is 0.353 e. The average molecular weight is 238 g/mol. The summed E-state index contributed by atoms with van der Waals surface area (Å²) in [7, 11) is 0. The van der Waals surface area contributed by atoms with Crippen molar-refractivity contribution in [2.45, 2.75) is 39.3 Å². The van der Waals surface area contributed by atoms with Crippen LogP contribution in [-0.2, 0) is 11.3 Å². The molecule has 0 radical (unpaired) electrons. The number of carbonyl (C=O) groups excluding carboxylic acids is 1. The predicted molar refractivity (Wildman–Crippen MR) is 67.6 cm³/mol. The van der Waals surface area contributed by atoms with E-state index in [1.165, 1.54) is 0 Å². The molecular formula is C12H22N4O. The Morgan fingerprint density at radius 2 is 2.35 bits per heavy atom. The van der Waals surface area contributed by atoms with Crippen LogP contribution in [0, 0.1) is 0 Å². The zero-order valence-corrected chi connectivity index (χ0v) is 10.6. The Balaban J connectivity index is 2.04. The normalized spacial score (nSPS) is 12.4. The number of aromatic nitrogens is 2. The minimum atomic E-state index is 0.0615. The third kappa shape index (κ3) is 6.06. The topological polar surface area (TPSA) is 59.0 Å². The van der Waals surface area contributed by atoms with Crippen molar-refractivity contribution in [3.05, 3.63) is 18.5 Å². The Bertz CT molecular complexity index is 310. The predicted octanol–water partition coefficient (Wildman–Crippen LogP) is 0.777.